The molecule has 1 aliphatic rings. The number of hydrogen-bond acceptors (Lipinski definition) is 4. The van der Waals surface area contributed by atoms with E-state index in [-0.39, 0.29) is 19.1 Å². The van der Waals surface area contributed by atoms with E-state index in [4.69, 9.17) is 9.26 Å². The lowest BCUT2D eigenvalue weighted by Gasteiger charge is -2.18. The van der Waals surface area contributed by atoms with Gasteiger partial charge in [-0.3, -0.25) is 4.79 Å². The van der Waals surface area contributed by atoms with E-state index in [1.807, 2.05) is 17.9 Å². The number of carbonyl (C=O) groups excluding carboxylic acids is 1. The van der Waals surface area contributed by atoms with E-state index in [0.29, 0.717) is 5.69 Å². The van der Waals surface area contributed by atoms with Crippen molar-refractivity contribution in [3.63, 3.8) is 0 Å². The summed E-state index contributed by atoms with van der Waals surface area (Å²) in [6.07, 6.45) is 0.907. The Labute approximate surface area is 129 Å². The van der Waals surface area contributed by atoms with E-state index in [2.05, 4.69) is 31.1 Å². The van der Waals surface area contributed by atoms with Crippen molar-refractivity contribution >= 4 is 11.6 Å². The second-order valence-electron chi connectivity index (χ2n) is 5.78. The first-order chi connectivity index (χ1) is 10.5. The summed E-state index contributed by atoms with van der Waals surface area (Å²) in [5.74, 6) is 0.728. The van der Waals surface area contributed by atoms with Gasteiger partial charge in [0.2, 0.25) is 0 Å². The fourth-order valence-corrected chi connectivity index (χ4v) is 2.73. The second kappa shape index (κ2) is 5.93. The first-order valence-corrected chi connectivity index (χ1v) is 7.45. The molecule has 1 aromatic carbocycles. The Kier molecular flexibility index (Phi) is 3.98. The Hall–Kier alpha value is -2.14. The minimum absolute atomic E-state index is 0.0118. The van der Waals surface area contributed by atoms with Crippen molar-refractivity contribution in [3.8, 4) is 0 Å². The van der Waals surface area contributed by atoms with Crippen LogP contribution >= 0.6 is 0 Å². The average Bonchev–Trinajstić information content (AvgIpc) is 3.06. The average molecular weight is 300 g/mol. The van der Waals surface area contributed by atoms with Crippen LogP contribution in [0, 0.1) is 20.8 Å². The van der Waals surface area contributed by atoms with Gasteiger partial charge >= 0.3 is 0 Å². The maximum Gasteiger partial charge on any atom is 0.253 e. The quantitative estimate of drug-likeness (QED) is 0.871. The van der Waals surface area contributed by atoms with Gasteiger partial charge in [0, 0.05) is 18.3 Å². The molecule has 0 atom stereocenters. The molecule has 1 amide bonds. The third-order valence-corrected chi connectivity index (χ3v) is 4.04. The number of aryl methyl sites for hydroxylation is 3. The summed E-state index contributed by atoms with van der Waals surface area (Å²) in [7, 11) is 0. The Bertz CT molecular complexity index is 706. The smallest absolute Gasteiger partial charge is 0.253 e. The van der Waals surface area contributed by atoms with Crippen molar-refractivity contribution in [1.82, 2.24) is 5.16 Å². The third-order valence-electron chi connectivity index (χ3n) is 4.04. The lowest BCUT2D eigenvalue weighted by Crippen LogP contribution is -2.32. The molecule has 1 aromatic heterocycles. The first-order valence-electron chi connectivity index (χ1n) is 7.45. The molecule has 3 rings (SSSR count). The van der Waals surface area contributed by atoms with Crippen LogP contribution in [0.15, 0.2) is 22.7 Å². The summed E-state index contributed by atoms with van der Waals surface area (Å²) < 4.78 is 10.4. The zero-order valence-electron chi connectivity index (χ0n) is 13.2. The molecule has 2 heterocycles. The van der Waals surface area contributed by atoms with Gasteiger partial charge in [-0.25, -0.2) is 0 Å². The van der Waals surface area contributed by atoms with Crippen LogP contribution in [0.2, 0.25) is 0 Å². The highest BCUT2D eigenvalue weighted by Crippen LogP contribution is 2.30. The number of ether oxygens (including phenoxy) is 1. The molecule has 22 heavy (non-hydrogen) atoms. The normalized spacial score (nSPS) is 13.5. The molecule has 0 bridgehead atoms. The molecule has 5 heteroatoms. The van der Waals surface area contributed by atoms with Gasteiger partial charge in [-0.2, -0.15) is 0 Å². The molecule has 0 fully saturated rings. The SMILES string of the molecule is Cc1cc(COCC(=O)N2CCc3cc(C)c(C)cc32)no1. The molecular weight excluding hydrogens is 280 g/mol. The van der Waals surface area contributed by atoms with Crippen LogP contribution in [0.5, 0.6) is 0 Å². The van der Waals surface area contributed by atoms with Gasteiger partial charge < -0.3 is 14.2 Å². The Morgan fingerprint density at radius 3 is 2.77 bits per heavy atom. The number of carbonyl (C=O) groups is 1. The van der Waals surface area contributed by atoms with Crippen molar-refractivity contribution in [2.24, 2.45) is 0 Å². The van der Waals surface area contributed by atoms with E-state index >= 15 is 0 Å². The van der Waals surface area contributed by atoms with Crippen molar-refractivity contribution in [2.45, 2.75) is 33.8 Å². The van der Waals surface area contributed by atoms with Gasteiger partial charge in [-0.05, 0) is 49.9 Å². The second-order valence-corrected chi connectivity index (χ2v) is 5.78. The highest BCUT2D eigenvalue weighted by Gasteiger charge is 2.25. The zero-order valence-corrected chi connectivity index (χ0v) is 13.2. The zero-order chi connectivity index (χ0) is 15.7. The van der Waals surface area contributed by atoms with E-state index in [1.165, 1.54) is 16.7 Å². The van der Waals surface area contributed by atoms with E-state index in [0.717, 1.165) is 24.4 Å². The van der Waals surface area contributed by atoms with Crippen LogP contribution in [0.4, 0.5) is 5.69 Å². The fourth-order valence-electron chi connectivity index (χ4n) is 2.73. The molecule has 0 unspecified atom stereocenters. The summed E-state index contributed by atoms with van der Waals surface area (Å²) in [6, 6.07) is 6.08. The Morgan fingerprint density at radius 2 is 2.05 bits per heavy atom. The van der Waals surface area contributed by atoms with Crippen LogP contribution in [0.1, 0.15) is 28.1 Å². The lowest BCUT2D eigenvalue weighted by atomic mass is 10.0. The minimum Gasteiger partial charge on any atom is -0.365 e. The fraction of sp³-hybridized carbons (Fsp3) is 0.412. The minimum atomic E-state index is -0.0118. The topological polar surface area (TPSA) is 55.6 Å². The maximum atomic E-state index is 12.4. The molecule has 116 valence electrons. The Morgan fingerprint density at radius 1 is 1.27 bits per heavy atom. The third kappa shape index (κ3) is 2.90. The number of rotatable bonds is 4. The Balaban J connectivity index is 1.61. The van der Waals surface area contributed by atoms with Gasteiger partial charge in [0.05, 0.1) is 6.61 Å². The van der Waals surface area contributed by atoms with Crippen LogP contribution in [-0.2, 0) is 22.6 Å². The lowest BCUT2D eigenvalue weighted by molar-refractivity contribution is -0.123. The standard InChI is InChI=1S/C17H20N2O3/c1-11-6-14-4-5-19(16(14)7-12(11)2)17(20)10-21-9-15-8-13(3)22-18-15/h6-8H,4-5,9-10H2,1-3H3. The predicted octanol–water partition coefficient (Wildman–Crippen LogP) is 2.71. The number of amides is 1. The molecule has 0 N–H and O–H groups in total. The molecule has 0 saturated carbocycles. The number of fused-ring (bicyclic) bond motifs is 1. The van der Waals surface area contributed by atoms with Crippen LogP contribution in [-0.4, -0.2) is 24.2 Å². The van der Waals surface area contributed by atoms with Crippen molar-refractivity contribution in [2.75, 3.05) is 18.1 Å². The molecule has 0 radical (unpaired) electrons. The van der Waals surface area contributed by atoms with Gasteiger partial charge in [-0.15, -0.1) is 0 Å². The summed E-state index contributed by atoms with van der Waals surface area (Å²) >= 11 is 0. The summed E-state index contributed by atoms with van der Waals surface area (Å²) in [5.41, 5.74) is 5.44. The largest absolute Gasteiger partial charge is 0.365 e. The van der Waals surface area contributed by atoms with Gasteiger partial charge in [-0.1, -0.05) is 11.2 Å². The van der Waals surface area contributed by atoms with Crippen molar-refractivity contribution in [3.05, 3.63) is 46.3 Å². The molecular formula is C17H20N2O3. The number of aromatic nitrogens is 1. The van der Waals surface area contributed by atoms with Crippen LogP contribution in [0.3, 0.4) is 0 Å². The van der Waals surface area contributed by atoms with Gasteiger partial charge in [0.1, 0.15) is 18.1 Å². The number of benzene rings is 1. The summed E-state index contributed by atoms with van der Waals surface area (Å²) in [6.45, 7) is 7.06. The predicted molar refractivity (Wildman–Crippen MR) is 82.9 cm³/mol. The van der Waals surface area contributed by atoms with E-state index in [9.17, 15) is 4.79 Å². The van der Waals surface area contributed by atoms with Crippen LogP contribution < -0.4 is 4.90 Å². The number of nitrogens with zero attached hydrogens (tertiary/aromatic N) is 2. The van der Waals surface area contributed by atoms with Crippen molar-refractivity contribution < 1.29 is 14.1 Å². The number of anilines is 1. The van der Waals surface area contributed by atoms with E-state index in [1.54, 1.807) is 0 Å². The van der Waals surface area contributed by atoms with E-state index < -0.39 is 0 Å². The molecule has 5 nitrogen and oxygen atoms in total. The molecule has 1 aliphatic heterocycles. The van der Waals surface area contributed by atoms with Gasteiger partial charge in [0.25, 0.3) is 5.91 Å². The van der Waals surface area contributed by atoms with Crippen molar-refractivity contribution in [1.29, 1.82) is 0 Å². The molecule has 0 saturated heterocycles. The summed E-state index contributed by atoms with van der Waals surface area (Å²) in [5, 5.41) is 3.84. The monoisotopic (exact) mass is 300 g/mol. The summed E-state index contributed by atoms with van der Waals surface area (Å²) in [4.78, 5) is 14.2. The molecule has 0 aliphatic carbocycles. The molecule has 0 spiro atoms. The maximum absolute atomic E-state index is 12.4. The van der Waals surface area contributed by atoms with Gasteiger partial charge in [0.15, 0.2) is 0 Å². The number of hydrogen-bond donors (Lipinski definition) is 0. The highest BCUT2D eigenvalue weighted by atomic mass is 16.5. The molecule has 2 aromatic rings. The van der Waals surface area contributed by atoms with Crippen LogP contribution in [0.25, 0.3) is 0 Å². The highest BCUT2D eigenvalue weighted by molar-refractivity contribution is 5.96. The first kappa shape index (κ1) is 14.8.